The number of hydrogen-bond donors (Lipinski definition) is 2. The van der Waals surface area contributed by atoms with Gasteiger partial charge in [0.15, 0.2) is 0 Å². The van der Waals surface area contributed by atoms with Crippen molar-refractivity contribution in [1.29, 1.82) is 0 Å². The number of carbonyl (C=O) groups excluding carboxylic acids is 1. The van der Waals surface area contributed by atoms with E-state index in [9.17, 15) is 4.79 Å². The minimum absolute atomic E-state index is 0.0357. The van der Waals surface area contributed by atoms with E-state index in [1.165, 1.54) is 0 Å². The van der Waals surface area contributed by atoms with Gasteiger partial charge in [0.2, 0.25) is 0 Å². The quantitative estimate of drug-likeness (QED) is 0.736. The van der Waals surface area contributed by atoms with Gasteiger partial charge in [0.05, 0.1) is 18.2 Å². The molecule has 0 unspecified atom stereocenters. The largest absolute Gasteiger partial charge is 0.492 e. The number of amides is 2. The van der Waals surface area contributed by atoms with Crippen LogP contribution in [0.3, 0.4) is 0 Å². The van der Waals surface area contributed by atoms with Crippen LogP contribution >= 0.6 is 11.6 Å². The Morgan fingerprint density at radius 2 is 2.00 bits per heavy atom. The first kappa shape index (κ1) is 17.8. The Labute approximate surface area is 142 Å². The molecular formula is C16H24ClN3O3. The van der Waals surface area contributed by atoms with Crippen LogP contribution in [-0.4, -0.2) is 73.4 Å². The lowest BCUT2D eigenvalue weighted by molar-refractivity contribution is 0.122. The van der Waals surface area contributed by atoms with Crippen molar-refractivity contribution in [1.82, 2.24) is 15.1 Å². The second kappa shape index (κ2) is 9.60. The zero-order valence-electron chi connectivity index (χ0n) is 13.2. The third kappa shape index (κ3) is 5.89. The van der Waals surface area contributed by atoms with Gasteiger partial charge in [-0.1, -0.05) is 23.7 Å². The molecule has 0 radical (unpaired) electrons. The number of hydrogen-bond acceptors (Lipinski definition) is 4. The fraction of sp³-hybridized carbons (Fsp3) is 0.562. The Kier molecular flexibility index (Phi) is 7.45. The number of nitrogens with one attached hydrogen (secondary N) is 1. The fourth-order valence-corrected chi connectivity index (χ4v) is 2.63. The van der Waals surface area contributed by atoms with Gasteiger partial charge in [-0.15, -0.1) is 0 Å². The lowest BCUT2D eigenvalue weighted by Gasteiger charge is -2.34. The van der Waals surface area contributed by atoms with Crippen LogP contribution in [0.25, 0.3) is 0 Å². The summed E-state index contributed by atoms with van der Waals surface area (Å²) in [5, 5.41) is 12.4. The standard InChI is InChI=1S/C16H24ClN3O3/c17-14-4-1-2-5-15(14)23-13-3-6-18-16(22)20-9-7-19(8-10-20)11-12-21/h1-2,4-5,21H,3,6-13H2,(H,18,22). The minimum atomic E-state index is -0.0357. The van der Waals surface area contributed by atoms with Crippen LogP contribution in [0.1, 0.15) is 6.42 Å². The number of piperazine rings is 1. The van der Waals surface area contributed by atoms with E-state index in [0.29, 0.717) is 43.6 Å². The zero-order chi connectivity index (χ0) is 16.5. The number of β-amino-alcohol motifs (C(OH)–C–C–N with tert-alkyl or cyclic N) is 1. The molecule has 1 heterocycles. The first-order valence-corrected chi connectivity index (χ1v) is 8.32. The van der Waals surface area contributed by atoms with Crippen LogP contribution < -0.4 is 10.1 Å². The molecule has 0 spiro atoms. The predicted octanol–water partition coefficient (Wildman–Crippen LogP) is 1.43. The first-order chi connectivity index (χ1) is 11.2. The third-order valence-corrected chi connectivity index (χ3v) is 4.08. The topological polar surface area (TPSA) is 65.0 Å². The summed E-state index contributed by atoms with van der Waals surface area (Å²) >= 11 is 6.00. The molecule has 1 aliphatic heterocycles. The van der Waals surface area contributed by atoms with Crippen LogP contribution in [0.4, 0.5) is 4.79 Å². The molecule has 1 fully saturated rings. The summed E-state index contributed by atoms with van der Waals surface area (Å²) in [6.45, 7) is 4.93. The SMILES string of the molecule is O=C(NCCCOc1ccccc1Cl)N1CCN(CCO)CC1. The lowest BCUT2D eigenvalue weighted by atomic mass is 10.3. The molecule has 2 N–H and O–H groups in total. The molecular weight excluding hydrogens is 318 g/mol. The van der Waals surface area contributed by atoms with Gasteiger partial charge in [-0.25, -0.2) is 4.79 Å². The summed E-state index contributed by atoms with van der Waals surface area (Å²) in [7, 11) is 0. The van der Waals surface area contributed by atoms with E-state index in [2.05, 4.69) is 10.2 Å². The Morgan fingerprint density at radius 1 is 1.26 bits per heavy atom. The smallest absolute Gasteiger partial charge is 0.317 e. The molecule has 1 aromatic carbocycles. The van der Waals surface area contributed by atoms with Gasteiger partial charge in [-0.2, -0.15) is 0 Å². The Bertz CT molecular complexity index is 493. The molecule has 0 saturated carbocycles. The van der Waals surface area contributed by atoms with E-state index in [1.807, 2.05) is 23.1 Å². The molecule has 1 saturated heterocycles. The third-order valence-electron chi connectivity index (χ3n) is 3.77. The number of rotatable bonds is 7. The van der Waals surface area contributed by atoms with Crippen LogP contribution in [0.5, 0.6) is 5.75 Å². The minimum Gasteiger partial charge on any atom is -0.492 e. The maximum atomic E-state index is 12.0. The zero-order valence-corrected chi connectivity index (χ0v) is 14.0. The number of ether oxygens (including phenoxy) is 1. The Balaban J connectivity index is 1.58. The second-order valence-electron chi connectivity index (χ2n) is 5.42. The van der Waals surface area contributed by atoms with Crippen molar-refractivity contribution in [2.24, 2.45) is 0 Å². The highest BCUT2D eigenvalue weighted by molar-refractivity contribution is 6.32. The van der Waals surface area contributed by atoms with Gasteiger partial charge in [-0.05, 0) is 18.6 Å². The normalized spacial score (nSPS) is 15.5. The van der Waals surface area contributed by atoms with Crippen LogP contribution in [-0.2, 0) is 0 Å². The summed E-state index contributed by atoms with van der Waals surface area (Å²) in [5.74, 6) is 0.667. The molecule has 1 aromatic rings. The molecule has 0 bridgehead atoms. The number of urea groups is 1. The fourth-order valence-electron chi connectivity index (χ4n) is 2.44. The van der Waals surface area contributed by atoms with Gasteiger partial charge >= 0.3 is 6.03 Å². The Hall–Kier alpha value is -1.50. The van der Waals surface area contributed by atoms with E-state index in [4.69, 9.17) is 21.4 Å². The summed E-state index contributed by atoms with van der Waals surface area (Å²) in [4.78, 5) is 16.0. The van der Waals surface area contributed by atoms with Crippen molar-refractivity contribution in [3.63, 3.8) is 0 Å². The number of halogens is 1. The van der Waals surface area contributed by atoms with E-state index >= 15 is 0 Å². The molecule has 0 aromatic heterocycles. The highest BCUT2D eigenvalue weighted by Gasteiger charge is 2.20. The van der Waals surface area contributed by atoms with Gasteiger partial charge in [-0.3, -0.25) is 4.90 Å². The maximum Gasteiger partial charge on any atom is 0.317 e. The van der Waals surface area contributed by atoms with E-state index < -0.39 is 0 Å². The van der Waals surface area contributed by atoms with Gasteiger partial charge in [0.25, 0.3) is 0 Å². The molecule has 23 heavy (non-hydrogen) atoms. The number of aliphatic hydroxyl groups excluding tert-OH is 1. The van der Waals surface area contributed by atoms with E-state index in [-0.39, 0.29) is 12.6 Å². The maximum absolute atomic E-state index is 12.0. The van der Waals surface area contributed by atoms with Gasteiger partial charge in [0, 0.05) is 39.3 Å². The second-order valence-corrected chi connectivity index (χ2v) is 5.82. The van der Waals surface area contributed by atoms with E-state index in [0.717, 1.165) is 19.5 Å². The van der Waals surface area contributed by atoms with Crippen molar-refractivity contribution in [3.8, 4) is 5.75 Å². The van der Waals surface area contributed by atoms with Crippen molar-refractivity contribution in [2.45, 2.75) is 6.42 Å². The van der Waals surface area contributed by atoms with Crippen molar-refractivity contribution in [3.05, 3.63) is 29.3 Å². The highest BCUT2D eigenvalue weighted by Crippen LogP contribution is 2.22. The predicted molar refractivity (Wildman–Crippen MR) is 90.1 cm³/mol. The number of nitrogens with zero attached hydrogens (tertiary/aromatic N) is 2. The van der Waals surface area contributed by atoms with Crippen molar-refractivity contribution < 1.29 is 14.6 Å². The van der Waals surface area contributed by atoms with E-state index in [1.54, 1.807) is 6.07 Å². The molecule has 128 valence electrons. The summed E-state index contributed by atoms with van der Waals surface area (Å²) in [5.41, 5.74) is 0. The number of aliphatic hydroxyl groups is 1. The highest BCUT2D eigenvalue weighted by atomic mass is 35.5. The average molecular weight is 342 g/mol. The molecule has 6 nitrogen and oxygen atoms in total. The number of benzene rings is 1. The first-order valence-electron chi connectivity index (χ1n) is 7.94. The molecule has 0 aliphatic carbocycles. The molecule has 1 aliphatic rings. The average Bonchev–Trinajstić information content (AvgIpc) is 2.57. The van der Waals surface area contributed by atoms with Gasteiger partial charge < -0.3 is 20.1 Å². The Morgan fingerprint density at radius 3 is 2.70 bits per heavy atom. The number of para-hydroxylation sites is 1. The molecule has 2 rings (SSSR count). The van der Waals surface area contributed by atoms with Gasteiger partial charge in [0.1, 0.15) is 5.75 Å². The lowest BCUT2D eigenvalue weighted by Crippen LogP contribution is -2.52. The summed E-state index contributed by atoms with van der Waals surface area (Å²) in [6, 6.07) is 7.31. The molecule has 0 atom stereocenters. The van der Waals surface area contributed by atoms with Crippen LogP contribution in [0.15, 0.2) is 24.3 Å². The van der Waals surface area contributed by atoms with Crippen molar-refractivity contribution >= 4 is 17.6 Å². The number of carbonyl (C=O) groups is 1. The van der Waals surface area contributed by atoms with Crippen LogP contribution in [0, 0.1) is 0 Å². The monoisotopic (exact) mass is 341 g/mol. The van der Waals surface area contributed by atoms with Crippen molar-refractivity contribution in [2.75, 3.05) is 52.5 Å². The molecule has 2 amide bonds. The molecule has 7 heteroatoms. The van der Waals surface area contributed by atoms with Crippen LogP contribution in [0.2, 0.25) is 5.02 Å². The summed E-state index contributed by atoms with van der Waals surface area (Å²) in [6.07, 6.45) is 0.724. The summed E-state index contributed by atoms with van der Waals surface area (Å²) < 4.78 is 5.58.